The van der Waals surface area contributed by atoms with Crippen molar-refractivity contribution in [2.75, 3.05) is 11.9 Å². The van der Waals surface area contributed by atoms with Crippen LogP contribution in [0.15, 0.2) is 146 Å². The van der Waals surface area contributed by atoms with Crippen LogP contribution in [0.4, 0.5) is 5.69 Å². The Morgan fingerprint density at radius 3 is 1.78 bits per heavy atom. The molecule has 0 saturated heterocycles. The summed E-state index contributed by atoms with van der Waals surface area (Å²) >= 11 is 0. The molecule has 0 bridgehead atoms. The molecule has 1 aromatic heterocycles. The van der Waals surface area contributed by atoms with E-state index in [0.717, 1.165) is 22.7 Å². The quantitative estimate of drug-likeness (QED) is 0.191. The van der Waals surface area contributed by atoms with E-state index in [4.69, 9.17) is 4.74 Å². The number of nitrogens with zero attached hydrogens (tertiary/aromatic N) is 2. The number of benzene rings is 8. The van der Waals surface area contributed by atoms with Gasteiger partial charge in [0.1, 0.15) is 5.75 Å². The lowest BCUT2D eigenvalue weighted by atomic mass is 9.99. The second-order valence-corrected chi connectivity index (χ2v) is 12.2. The van der Waals surface area contributed by atoms with Crippen molar-refractivity contribution in [2.45, 2.75) is 6.23 Å². The molecule has 1 unspecified atom stereocenters. The van der Waals surface area contributed by atoms with Crippen LogP contribution in [0.5, 0.6) is 5.75 Å². The van der Waals surface area contributed by atoms with Gasteiger partial charge in [-0.1, -0.05) is 115 Å². The average molecular weight is 577 g/mol. The fourth-order valence-electron chi connectivity index (χ4n) is 7.74. The normalized spacial score (nSPS) is 14.7. The molecule has 0 saturated carbocycles. The molecule has 3 heteroatoms. The zero-order valence-electron chi connectivity index (χ0n) is 24.7. The molecule has 3 nitrogen and oxygen atoms in total. The fourth-order valence-corrected chi connectivity index (χ4v) is 7.74. The highest BCUT2D eigenvalue weighted by molar-refractivity contribution is 6.28. The van der Waals surface area contributed by atoms with Crippen LogP contribution in [0.2, 0.25) is 0 Å². The van der Waals surface area contributed by atoms with E-state index >= 15 is 0 Å². The molecular formula is C42H28N2O. The first kappa shape index (κ1) is 24.6. The number of anilines is 1. The Balaban J connectivity index is 1.24. The smallest absolute Gasteiger partial charge is 0.198 e. The monoisotopic (exact) mass is 576 g/mol. The van der Waals surface area contributed by atoms with Crippen molar-refractivity contribution in [3.63, 3.8) is 0 Å². The fraction of sp³-hybridized carbons (Fsp3) is 0.0476. The highest BCUT2D eigenvalue weighted by atomic mass is 16.5. The average Bonchev–Trinajstić information content (AvgIpc) is 3.63. The topological polar surface area (TPSA) is 17.4 Å². The highest BCUT2D eigenvalue weighted by Crippen LogP contribution is 2.49. The van der Waals surface area contributed by atoms with Crippen molar-refractivity contribution < 1.29 is 4.74 Å². The van der Waals surface area contributed by atoms with Gasteiger partial charge in [-0.05, 0) is 68.0 Å². The third-order valence-corrected chi connectivity index (χ3v) is 9.75. The van der Waals surface area contributed by atoms with Crippen molar-refractivity contribution in [1.82, 2.24) is 4.57 Å². The second-order valence-electron chi connectivity index (χ2n) is 12.2. The molecule has 0 radical (unpaired) electrons. The Hall–Kier alpha value is -5.80. The predicted octanol–water partition coefficient (Wildman–Crippen LogP) is 10.9. The van der Waals surface area contributed by atoms with Crippen molar-refractivity contribution in [3.8, 4) is 11.4 Å². The standard InChI is InChI=1S/C42H28N2O/c1-43-41-37(45-42(43)29-11-3-2-4-12-29)24-19-28-15-16-30-25-31(20-21-34(30)38(28)41)44-35-22-17-26-9-5-7-13-32(26)39(35)40-33-14-8-6-10-27(33)18-23-36(40)44/h2-25,42H,1H3. The van der Waals surface area contributed by atoms with Gasteiger partial charge >= 0.3 is 0 Å². The second kappa shape index (κ2) is 9.10. The maximum absolute atomic E-state index is 6.53. The van der Waals surface area contributed by atoms with Crippen LogP contribution < -0.4 is 9.64 Å². The lowest BCUT2D eigenvalue weighted by molar-refractivity contribution is 0.235. The van der Waals surface area contributed by atoms with Crippen molar-refractivity contribution in [2.24, 2.45) is 0 Å². The van der Waals surface area contributed by atoms with Crippen LogP contribution in [0, 0.1) is 0 Å². The minimum absolute atomic E-state index is 0.149. The minimum atomic E-state index is -0.149. The number of hydrogen-bond donors (Lipinski definition) is 0. The van der Waals surface area contributed by atoms with E-state index in [1.54, 1.807) is 0 Å². The van der Waals surface area contributed by atoms with E-state index in [1.165, 1.54) is 64.9 Å². The molecule has 1 aliphatic heterocycles. The van der Waals surface area contributed by atoms with Gasteiger partial charge in [0.05, 0.1) is 16.7 Å². The lowest BCUT2D eigenvalue weighted by Gasteiger charge is -2.22. The Morgan fingerprint density at radius 1 is 0.489 bits per heavy atom. The molecule has 45 heavy (non-hydrogen) atoms. The first-order chi connectivity index (χ1) is 22.2. The minimum Gasteiger partial charge on any atom is -0.464 e. The Labute approximate surface area is 260 Å². The third kappa shape index (κ3) is 3.41. The van der Waals surface area contributed by atoms with Gasteiger partial charge in [0.25, 0.3) is 0 Å². The molecule has 0 aliphatic carbocycles. The summed E-state index contributed by atoms with van der Waals surface area (Å²) in [5.74, 6) is 0.927. The van der Waals surface area contributed by atoms with Crippen LogP contribution in [0.1, 0.15) is 11.8 Å². The Bertz CT molecular complexity index is 2560. The molecule has 2 heterocycles. The summed E-state index contributed by atoms with van der Waals surface area (Å²) in [7, 11) is 2.14. The van der Waals surface area contributed by atoms with Crippen LogP contribution in [-0.2, 0) is 0 Å². The summed E-state index contributed by atoms with van der Waals surface area (Å²) in [4.78, 5) is 2.28. The van der Waals surface area contributed by atoms with E-state index < -0.39 is 0 Å². The van der Waals surface area contributed by atoms with Gasteiger partial charge in [-0.3, -0.25) is 0 Å². The summed E-state index contributed by atoms with van der Waals surface area (Å²) in [5.41, 5.74) is 5.90. The molecule has 0 fully saturated rings. The Kier molecular flexibility index (Phi) is 4.98. The first-order valence-corrected chi connectivity index (χ1v) is 15.5. The number of ether oxygens (including phenoxy) is 1. The molecular weight excluding hydrogens is 548 g/mol. The van der Waals surface area contributed by atoms with Gasteiger partial charge in [0.15, 0.2) is 6.23 Å². The lowest BCUT2D eigenvalue weighted by Crippen LogP contribution is -2.22. The van der Waals surface area contributed by atoms with Gasteiger partial charge in [-0.2, -0.15) is 0 Å². The first-order valence-electron chi connectivity index (χ1n) is 15.5. The van der Waals surface area contributed by atoms with Crippen LogP contribution in [0.3, 0.4) is 0 Å². The molecule has 8 aromatic carbocycles. The summed E-state index contributed by atoms with van der Waals surface area (Å²) < 4.78 is 8.98. The molecule has 0 spiro atoms. The molecule has 0 amide bonds. The number of fused-ring (bicyclic) bond motifs is 12. The van der Waals surface area contributed by atoms with Crippen molar-refractivity contribution in [1.29, 1.82) is 0 Å². The number of aromatic nitrogens is 1. The van der Waals surface area contributed by atoms with E-state index in [9.17, 15) is 0 Å². The maximum atomic E-state index is 6.53. The van der Waals surface area contributed by atoms with Crippen LogP contribution >= 0.6 is 0 Å². The van der Waals surface area contributed by atoms with Gasteiger partial charge in [0, 0.05) is 34.5 Å². The SMILES string of the molecule is CN1c2c(ccc3ccc4cc(-n5c6ccc7ccccc7c6c6c7ccccc7ccc65)ccc4c23)OC1c1ccccc1. The summed E-state index contributed by atoms with van der Waals surface area (Å²) in [6, 6.07) is 52.8. The van der Waals surface area contributed by atoms with Gasteiger partial charge in [-0.25, -0.2) is 0 Å². The van der Waals surface area contributed by atoms with E-state index in [1.807, 2.05) is 6.07 Å². The molecule has 0 N–H and O–H groups in total. The van der Waals surface area contributed by atoms with E-state index in [0.29, 0.717) is 0 Å². The van der Waals surface area contributed by atoms with Crippen molar-refractivity contribution in [3.05, 3.63) is 151 Å². The predicted molar refractivity (Wildman–Crippen MR) is 189 cm³/mol. The summed E-state index contributed by atoms with van der Waals surface area (Å²) in [6.07, 6.45) is -0.149. The zero-order valence-corrected chi connectivity index (χ0v) is 24.7. The number of rotatable bonds is 2. The van der Waals surface area contributed by atoms with Gasteiger partial charge in [0.2, 0.25) is 0 Å². The molecule has 1 atom stereocenters. The van der Waals surface area contributed by atoms with Crippen molar-refractivity contribution >= 4 is 70.6 Å². The van der Waals surface area contributed by atoms with Crippen LogP contribution in [0.25, 0.3) is 70.6 Å². The zero-order chi connectivity index (χ0) is 29.6. The molecule has 212 valence electrons. The largest absolute Gasteiger partial charge is 0.464 e. The number of hydrogen-bond acceptors (Lipinski definition) is 2. The van der Waals surface area contributed by atoms with E-state index in [-0.39, 0.29) is 6.23 Å². The molecule has 1 aliphatic rings. The molecule has 10 rings (SSSR count). The highest BCUT2D eigenvalue weighted by Gasteiger charge is 2.31. The Morgan fingerprint density at radius 2 is 1.07 bits per heavy atom. The summed E-state index contributed by atoms with van der Waals surface area (Å²) in [6.45, 7) is 0. The van der Waals surface area contributed by atoms with Gasteiger partial charge < -0.3 is 14.2 Å². The molecule has 9 aromatic rings. The third-order valence-electron chi connectivity index (χ3n) is 9.75. The van der Waals surface area contributed by atoms with E-state index in [2.05, 4.69) is 156 Å². The van der Waals surface area contributed by atoms with Crippen LogP contribution in [-0.4, -0.2) is 11.6 Å². The summed E-state index contributed by atoms with van der Waals surface area (Å²) in [5, 5.41) is 12.6. The van der Waals surface area contributed by atoms with Gasteiger partial charge in [-0.15, -0.1) is 0 Å². The maximum Gasteiger partial charge on any atom is 0.198 e.